The second kappa shape index (κ2) is 9.04. The van der Waals surface area contributed by atoms with Crippen LogP contribution in [0.2, 0.25) is 0 Å². The smallest absolute Gasteiger partial charge is 0.0540 e. The van der Waals surface area contributed by atoms with Crippen LogP contribution in [0.15, 0.2) is 0 Å². The van der Waals surface area contributed by atoms with Gasteiger partial charge in [0.15, 0.2) is 0 Å². The van der Waals surface area contributed by atoms with Gasteiger partial charge in [-0.2, -0.15) is 0 Å². The SMILES string of the molecule is CCCCC(C)(C)CCCCC(O)CCC. The van der Waals surface area contributed by atoms with Crippen LogP contribution in [-0.2, 0) is 0 Å². The molecule has 1 heteroatoms. The number of hydrogen-bond acceptors (Lipinski definition) is 1. The van der Waals surface area contributed by atoms with Gasteiger partial charge in [-0.05, 0) is 31.1 Å². The van der Waals surface area contributed by atoms with E-state index in [0.717, 1.165) is 19.3 Å². The van der Waals surface area contributed by atoms with Gasteiger partial charge in [-0.15, -0.1) is 0 Å². The molecule has 0 saturated heterocycles. The zero-order chi connectivity index (χ0) is 12.4. The average Bonchev–Trinajstić information content (AvgIpc) is 2.22. The largest absolute Gasteiger partial charge is 0.393 e. The van der Waals surface area contributed by atoms with Crippen LogP contribution < -0.4 is 0 Å². The highest BCUT2D eigenvalue weighted by Crippen LogP contribution is 2.29. The molecular weight excluding hydrogens is 196 g/mol. The van der Waals surface area contributed by atoms with E-state index in [1.54, 1.807) is 0 Å². The van der Waals surface area contributed by atoms with E-state index >= 15 is 0 Å². The first kappa shape index (κ1) is 16.0. The van der Waals surface area contributed by atoms with Gasteiger partial charge in [0.2, 0.25) is 0 Å². The Hall–Kier alpha value is -0.0400. The molecule has 0 heterocycles. The monoisotopic (exact) mass is 228 g/mol. The van der Waals surface area contributed by atoms with Crippen LogP contribution in [0.25, 0.3) is 0 Å². The first-order chi connectivity index (χ1) is 7.52. The van der Waals surface area contributed by atoms with Crippen LogP contribution in [0.5, 0.6) is 0 Å². The molecule has 98 valence electrons. The molecule has 0 rings (SSSR count). The summed E-state index contributed by atoms with van der Waals surface area (Å²) in [6, 6.07) is 0. The minimum absolute atomic E-state index is 0.0521. The molecule has 0 aliphatic heterocycles. The summed E-state index contributed by atoms with van der Waals surface area (Å²) in [6.07, 6.45) is 10.8. The molecule has 0 fully saturated rings. The van der Waals surface area contributed by atoms with Crippen LogP contribution in [0.1, 0.15) is 85.5 Å². The third-order valence-corrected chi connectivity index (χ3v) is 3.47. The molecule has 0 saturated carbocycles. The number of rotatable bonds is 10. The molecule has 0 aromatic rings. The zero-order valence-electron chi connectivity index (χ0n) is 11.9. The Morgan fingerprint density at radius 1 is 0.875 bits per heavy atom. The van der Waals surface area contributed by atoms with Gasteiger partial charge < -0.3 is 5.11 Å². The number of unbranched alkanes of at least 4 members (excludes halogenated alkanes) is 2. The van der Waals surface area contributed by atoms with Gasteiger partial charge in [-0.3, -0.25) is 0 Å². The lowest BCUT2D eigenvalue weighted by atomic mass is 9.82. The fourth-order valence-corrected chi connectivity index (χ4v) is 2.24. The summed E-state index contributed by atoms with van der Waals surface area (Å²) in [6.45, 7) is 9.16. The maximum Gasteiger partial charge on any atom is 0.0540 e. The molecular formula is C15H32O. The molecule has 0 aliphatic rings. The Kier molecular flexibility index (Phi) is 9.02. The van der Waals surface area contributed by atoms with Crippen molar-refractivity contribution in [3.63, 3.8) is 0 Å². The summed E-state index contributed by atoms with van der Waals surface area (Å²) in [4.78, 5) is 0. The maximum absolute atomic E-state index is 9.62. The standard InChI is InChI=1S/C15H32O/c1-5-7-12-15(3,4)13-9-8-11-14(16)10-6-2/h14,16H,5-13H2,1-4H3. The van der Waals surface area contributed by atoms with Crippen molar-refractivity contribution < 1.29 is 5.11 Å². The van der Waals surface area contributed by atoms with Gasteiger partial charge in [0.1, 0.15) is 0 Å². The fraction of sp³-hybridized carbons (Fsp3) is 1.00. The fourth-order valence-electron chi connectivity index (χ4n) is 2.24. The van der Waals surface area contributed by atoms with E-state index in [2.05, 4.69) is 27.7 Å². The summed E-state index contributed by atoms with van der Waals surface area (Å²) >= 11 is 0. The Bertz CT molecular complexity index is 152. The van der Waals surface area contributed by atoms with Crippen molar-refractivity contribution in [2.75, 3.05) is 0 Å². The molecule has 1 nitrogen and oxygen atoms in total. The lowest BCUT2D eigenvalue weighted by Crippen LogP contribution is -2.12. The molecule has 0 bridgehead atoms. The van der Waals surface area contributed by atoms with Crippen LogP contribution in [-0.4, -0.2) is 11.2 Å². The number of hydrogen-bond donors (Lipinski definition) is 1. The third kappa shape index (κ3) is 9.21. The van der Waals surface area contributed by atoms with Crippen LogP contribution in [0, 0.1) is 5.41 Å². The molecule has 1 atom stereocenters. The van der Waals surface area contributed by atoms with Gasteiger partial charge in [0, 0.05) is 0 Å². The quantitative estimate of drug-likeness (QED) is 0.526. The first-order valence-corrected chi connectivity index (χ1v) is 7.20. The molecule has 16 heavy (non-hydrogen) atoms. The lowest BCUT2D eigenvalue weighted by Gasteiger charge is -2.24. The predicted octanol–water partition coefficient (Wildman–Crippen LogP) is 4.92. The molecule has 0 aliphatic carbocycles. The van der Waals surface area contributed by atoms with Gasteiger partial charge in [-0.25, -0.2) is 0 Å². The van der Waals surface area contributed by atoms with E-state index in [4.69, 9.17) is 0 Å². The van der Waals surface area contributed by atoms with E-state index in [1.165, 1.54) is 38.5 Å². The zero-order valence-corrected chi connectivity index (χ0v) is 11.9. The van der Waals surface area contributed by atoms with Crippen molar-refractivity contribution in [3.05, 3.63) is 0 Å². The van der Waals surface area contributed by atoms with E-state index in [9.17, 15) is 5.11 Å². The highest BCUT2D eigenvalue weighted by molar-refractivity contribution is 4.68. The normalized spacial score (nSPS) is 14.1. The summed E-state index contributed by atoms with van der Waals surface area (Å²) < 4.78 is 0. The molecule has 1 N–H and O–H groups in total. The highest BCUT2D eigenvalue weighted by atomic mass is 16.3. The van der Waals surface area contributed by atoms with Crippen molar-refractivity contribution in [2.24, 2.45) is 5.41 Å². The van der Waals surface area contributed by atoms with E-state index in [-0.39, 0.29) is 6.10 Å². The second-order valence-corrected chi connectivity index (χ2v) is 5.96. The number of aliphatic hydroxyl groups excluding tert-OH is 1. The van der Waals surface area contributed by atoms with Crippen molar-refractivity contribution in [1.29, 1.82) is 0 Å². The van der Waals surface area contributed by atoms with Gasteiger partial charge in [0.25, 0.3) is 0 Å². The average molecular weight is 228 g/mol. The molecule has 0 amide bonds. The lowest BCUT2D eigenvalue weighted by molar-refractivity contribution is 0.147. The van der Waals surface area contributed by atoms with Crippen LogP contribution >= 0.6 is 0 Å². The Morgan fingerprint density at radius 3 is 2.06 bits per heavy atom. The van der Waals surface area contributed by atoms with Crippen molar-refractivity contribution in [1.82, 2.24) is 0 Å². The Labute approximate surface area is 103 Å². The summed E-state index contributed by atoms with van der Waals surface area (Å²) in [5.41, 5.74) is 0.506. The third-order valence-electron chi connectivity index (χ3n) is 3.47. The molecule has 0 aromatic carbocycles. The van der Waals surface area contributed by atoms with Gasteiger partial charge >= 0.3 is 0 Å². The molecule has 1 unspecified atom stereocenters. The summed E-state index contributed by atoms with van der Waals surface area (Å²) in [7, 11) is 0. The minimum atomic E-state index is -0.0521. The molecule has 0 aromatic heterocycles. The van der Waals surface area contributed by atoms with Crippen molar-refractivity contribution in [2.45, 2.75) is 91.6 Å². The van der Waals surface area contributed by atoms with Crippen molar-refractivity contribution >= 4 is 0 Å². The topological polar surface area (TPSA) is 20.2 Å². The number of aliphatic hydroxyl groups is 1. The Morgan fingerprint density at radius 2 is 1.50 bits per heavy atom. The summed E-state index contributed by atoms with van der Waals surface area (Å²) in [5, 5.41) is 9.62. The van der Waals surface area contributed by atoms with E-state index in [1.807, 2.05) is 0 Å². The molecule has 0 spiro atoms. The summed E-state index contributed by atoms with van der Waals surface area (Å²) in [5.74, 6) is 0. The van der Waals surface area contributed by atoms with E-state index in [0.29, 0.717) is 5.41 Å². The second-order valence-electron chi connectivity index (χ2n) is 5.96. The van der Waals surface area contributed by atoms with Crippen molar-refractivity contribution in [3.8, 4) is 0 Å². The highest BCUT2D eigenvalue weighted by Gasteiger charge is 2.16. The van der Waals surface area contributed by atoms with Crippen LogP contribution in [0.4, 0.5) is 0 Å². The van der Waals surface area contributed by atoms with Crippen LogP contribution in [0.3, 0.4) is 0 Å². The Balaban J connectivity index is 3.49. The minimum Gasteiger partial charge on any atom is -0.393 e. The van der Waals surface area contributed by atoms with E-state index < -0.39 is 0 Å². The maximum atomic E-state index is 9.62. The van der Waals surface area contributed by atoms with Gasteiger partial charge in [-0.1, -0.05) is 59.8 Å². The van der Waals surface area contributed by atoms with Gasteiger partial charge in [0.05, 0.1) is 6.10 Å². The molecule has 0 radical (unpaired) electrons. The first-order valence-electron chi connectivity index (χ1n) is 7.20. The predicted molar refractivity (Wildman–Crippen MR) is 72.7 cm³/mol.